The van der Waals surface area contributed by atoms with E-state index in [9.17, 15) is 9.59 Å². The highest BCUT2D eigenvalue weighted by atomic mass is 16.4. The Balaban J connectivity index is 1.45. The van der Waals surface area contributed by atoms with Gasteiger partial charge in [-0.15, -0.1) is 10.2 Å². The lowest BCUT2D eigenvalue weighted by Crippen LogP contribution is -2.26. The predicted octanol–water partition coefficient (Wildman–Crippen LogP) is 1.58. The molecule has 174 valence electrons. The Morgan fingerprint density at radius 1 is 1.09 bits per heavy atom. The number of aromatic amines is 1. The molecular formula is C21H22N10O3. The van der Waals surface area contributed by atoms with Crippen molar-refractivity contribution in [3.05, 3.63) is 40.8 Å². The zero-order valence-electron chi connectivity index (χ0n) is 18.2. The van der Waals surface area contributed by atoms with Crippen LogP contribution in [-0.2, 0) is 11.3 Å². The van der Waals surface area contributed by atoms with Crippen LogP contribution in [-0.4, -0.2) is 64.5 Å². The third-order valence-corrected chi connectivity index (χ3v) is 5.53. The molecule has 0 amide bonds. The van der Waals surface area contributed by atoms with Crippen molar-refractivity contribution in [2.75, 3.05) is 23.3 Å². The number of anilines is 3. The van der Waals surface area contributed by atoms with Crippen LogP contribution in [0.1, 0.15) is 25.7 Å². The largest absolute Gasteiger partial charge is 0.480 e. The lowest BCUT2D eigenvalue weighted by molar-refractivity contribution is -0.138. The summed E-state index contributed by atoms with van der Waals surface area (Å²) in [6.07, 6.45) is 6.04. The highest BCUT2D eigenvalue weighted by Crippen LogP contribution is 2.26. The third-order valence-electron chi connectivity index (χ3n) is 5.53. The molecule has 0 radical (unpaired) electrons. The fraction of sp³-hybridized carbons (Fsp3) is 0.333. The van der Waals surface area contributed by atoms with Crippen LogP contribution in [0.5, 0.6) is 0 Å². The molecule has 1 aliphatic heterocycles. The van der Waals surface area contributed by atoms with Gasteiger partial charge in [-0.3, -0.25) is 9.59 Å². The zero-order chi connectivity index (χ0) is 23.5. The van der Waals surface area contributed by atoms with E-state index < -0.39 is 5.97 Å². The van der Waals surface area contributed by atoms with Gasteiger partial charge in [0, 0.05) is 24.3 Å². The van der Waals surface area contributed by atoms with E-state index in [-0.39, 0.29) is 12.1 Å². The quantitative estimate of drug-likeness (QED) is 0.380. The van der Waals surface area contributed by atoms with E-state index in [2.05, 4.69) is 40.8 Å². The Hall–Kier alpha value is -4.42. The highest BCUT2D eigenvalue weighted by Gasteiger charge is 2.18. The summed E-state index contributed by atoms with van der Waals surface area (Å²) in [5.41, 5.74) is 1.45. The van der Waals surface area contributed by atoms with Gasteiger partial charge in [-0.05, 0) is 42.3 Å². The normalized spacial score (nSPS) is 14.2. The molecule has 0 unspecified atom stereocenters. The molecule has 0 aliphatic carbocycles. The second-order valence-corrected chi connectivity index (χ2v) is 7.97. The van der Waals surface area contributed by atoms with Crippen LogP contribution in [0.25, 0.3) is 22.3 Å². The first-order valence-electron chi connectivity index (χ1n) is 10.9. The zero-order valence-corrected chi connectivity index (χ0v) is 18.2. The van der Waals surface area contributed by atoms with Crippen molar-refractivity contribution < 1.29 is 9.90 Å². The molecule has 1 aliphatic rings. The third kappa shape index (κ3) is 4.53. The van der Waals surface area contributed by atoms with Crippen LogP contribution in [0.3, 0.4) is 0 Å². The summed E-state index contributed by atoms with van der Waals surface area (Å²) in [5, 5.41) is 30.5. The fourth-order valence-corrected chi connectivity index (χ4v) is 3.88. The SMILES string of the molecule is O=C(O)Cn1nnc(-c2ccc(Nc3nc(N4CCCCCC4)nc4cn[nH]c(=O)c34)cc2)n1. The summed E-state index contributed by atoms with van der Waals surface area (Å²) in [6, 6.07) is 7.13. The van der Waals surface area contributed by atoms with E-state index in [1.165, 1.54) is 19.0 Å². The van der Waals surface area contributed by atoms with Crippen LogP contribution in [0.2, 0.25) is 0 Å². The number of aromatic nitrogens is 8. The number of fused-ring (bicyclic) bond motifs is 1. The molecule has 0 atom stereocenters. The number of benzene rings is 1. The van der Waals surface area contributed by atoms with Gasteiger partial charge in [-0.2, -0.15) is 14.9 Å². The minimum absolute atomic E-state index is 0.311. The number of aliphatic carboxylic acids is 1. The van der Waals surface area contributed by atoms with Crippen LogP contribution in [0.4, 0.5) is 17.5 Å². The Morgan fingerprint density at radius 2 is 1.85 bits per heavy atom. The number of carboxylic acids is 1. The van der Waals surface area contributed by atoms with Crippen LogP contribution < -0.4 is 15.8 Å². The van der Waals surface area contributed by atoms with Crippen molar-refractivity contribution in [2.45, 2.75) is 32.2 Å². The van der Waals surface area contributed by atoms with Gasteiger partial charge in [0.05, 0.1) is 6.20 Å². The molecule has 4 aromatic rings. The summed E-state index contributed by atoms with van der Waals surface area (Å²) >= 11 is 0. The molecule has 1 saturated heterocycles. The molecule has 4 heterocycles. The number of rotatable bonds is 6. The van der Waals surface area contributed by atoms with Gasteiger partial charge in [0.15, 0.2) is 6.54 Å². The molecule has 5 rings (SSSR count). The number of tetrazole rings is 1. The smallest absolute Gasteiger partial charge is 0.327 e. The van der Waals surface area contributed by atoms with E-state index in [1.807, 2.05) is 0 Å². The molecule has 0 spiro atoms. The first-order chi connectivity index (χ1) is 16.6. The first-order valence-corrected chi connectivity index (χ1v) is 10.9. The van der Waals surface area contributed by atoms with Crippen molar-refractivity contribution in [3.8, 4) is 11.4 Å². The number of carboxylic acid groups (broad SMARTS) is 1. The Morgan fingerprint density at radius 3 is 2.59 bits per heavy atom. The number of hydrogen-bond donors (Lipinski definition) is 3. The lowest BCUT2D eigenvalue weighted by Gasteiger charge is -2.21. The summed E-state index contributed by atoms with van der Waals surface area (Å²) in [7, 11) is 0. The maximum atomic E-state index is 12.5. The average Bonchev–Trinajstić information content (AvgIpc) is 3.10. The number of carbonyl (C=O) groups is 1. The molecule has 3 aromatic heterocycles. The molecule has 34 heavy (non-hydrogen) atoms. The van der Waals surface area contributed by atoms with Crippen molar-refractivity contribution in [3.63, 3.8) is 0 Å². The maximum absolute atomic E-state index is 12.5. The molecule has 13 nitrogen and oxygen atoms in total. The average molecular weight is 462 g/mol. The molecule has 0 bridgehead atoms. The summed E-state index contributed by atoms with van der Waals surface area (Å²) in [4.78, 5) is 35.8. The van der Waals surface area contributed by atoms with Crippen molar-refractivity contribution in [1.82, 2.24) is 40.4 Å². The molecule has 0 saturated carbocycles. The van der Waals surface area contributed by atoms with Gasteiger partial charge in [0.1, 0.15) is 16.7 Å². The second-order valence-electron chi connectivity index (χ2n) is 7.97. The number of hydrogen-bond acceptors (Lipinski definition) is 10. The highest BCUT2D eigenvalue weighted by molar-refractivity contribution is 5.90. The number of nitrogens with one attached hydrogen (secondary N) is 2. The van der Waals surface area contributed by atoms with E-state index in [4.69, 9.17) is 10.1 Å². The minimum atomic E-state index is -1.05. The van der Waals surface area contributed by atoms with E-state index >= 15 is 0 Å². The molecule has 3 N–H and O–H groups in total. The topological polar surface area (TPSA) is 168 Å². The second kappa shape index (κ2) is 9.21. The van der Waals surface area contributed by atoms with Gasteiger partial charge < -0.3 is 15.3 Å². The predicted molar refractivity (Wildman–Crippen MR) is 123 cm³/mol. The fourth-order valence-electron chi connectivity index (χ4n) is 3.88. The number of nitrogens with zero attached hydrogens (tertiary/aromatic N) is 8. The van der Waals surface area contributed by atoms with Crippen LogP contribution >= 0.6 is 0 Å². The monoisotopic (exact) mass is 462 g/mol. The molecular weight excluding hydrogens is 440 g/mol. The maximum Gasteiger partial charge on any atom is 0.327 e. The Labute approximate surface area is 192 Å². The van der Waals surface area contributed by atoms with Crippen LogP contribution in [0.15, 0.2) is 35.3 Å². The summed E-state index contributed by atoms with van der Waals surface area (Å²) < 4.78 is 0. The molecule has 13 heteroatoms. The minimum Gasteiger partial charge on any atom is -0.480 e. The van der Waals surface area contributed by atoms with Gasteiger partial charge in [0.2, 0.25) is 11.8 Å². The van der Waals surface area contributed by atoms with Crippen LogP contribution in [0, 0.1) is 0 Å². The van der Waals surface area contributed by atoms with Gasteiger partial charge >= 0.3 is 5.97 Å². The van der Waals surface area contributed by atoms with Crippen molar-refractivity contribution >= 4 is 34.3 Å². The molecule has 1 aromatic carbocycles. The van der Waals surface area contributed by atoms with E-state index in [0.29, 0.717) is 39.7 Å². The number of H-pyrrole nitrogens is 1. The standard InChI is InChI=1S/C21H22N10O3/c32-16(33)12-31-28-18(26-29-31)13-5-7-14(8-6-13)23-19-17-15(11-22-27-20(17)34)24-21(25-19)30-9-3-1-2-4-10-30/h5-8,11H,1-4,9-10,12H2,(H,27,34)(H,32,33)(H,23,24,25). The summed E-state index contributed by atoms with van der Waals surface area (Å²) in [6.45, 7) is 1.37. The van der Waals surface area contributed by atoms with Gasteiger partial charge in [-0.1, -0.05) is 12.8 Å². The van der Waals surface area contributed by atoms with E-state index in [0.717, 1.165) is 30.7 Å². The van der Waals surface area contributed by atoms with Crippen molar-refractivity contribution in [1.29, 1.82) is 0 Å². The van der Waals surface area contributed by atoms with Gasteiger partial charge in [-0.25, -0.2) is 10.1 Å². The Bertz CT molecular complexity index is 1370. The van der Waals surface area contributed by atoms with E-state index in [1.54, 1.807) is 24.3 Å². The Kier molecular flexibility index (Phi) is 5.81. The van der Waals surface area contributed by atoms with Gasteiger partial charge in [0.25, 0.3) is 5.56 Å². The first kappa shape index (κ1) is 21.4. The summed E-state index contributed by atoms with van der Waals surface area (Å²) in [5.74, 6) is 0.225. The van der Waals surface area contributed by atoms with Crippen molar-refractivity contribution in [2.24, 2.45) is 0 Å². The molecule has 1 fully saturated rings. The lowest BCUT2D eigenvalue weighted by atomic mass is 10.2.